The predicted octanol–water partition coefficient (Wildman–Crippen LogP) is 10.5. The van der Waals surface area contributed by atoms with E-state index in [0.29, 0.717) is 0 Å². The fourth-order valence-corrected chi connectivity index (χ4v) is 5.42. The molecule has 0 saturated heterocycles. The van der Waals surface area contributed by atoms with E-state index < -0.39 is 0 Å². The topological polar surface area (TPSA) is 38.9 Å². The number of hydrogen-bond donors (Lipinski definition) is 0. The highest BCUT2D eigenvalue weighted by molar-refractivity contribution is 6.06. The zero-order valence-corrected chi connectivity index (χ0v) is 23.7. The molecular weight excluding hydrogens is 452 g/mol. The first-order chi connectivity index (χ1) is 18.1. The van der Waals surface area contributed by atoms with Gasteiger partial charge in [0, 0.05) is 16.3 Å². The summed E-state index contributed by atoms with van der Waals surface area (Å²) in [7, 11) is 0. The van der Waals surface area contributed by atoms with Gasteiger partial charge in [-0.25, -0.2) is 4.98 Å². The van der Waals surface area contributed by atoms with Crippen molar-refractivity contribution in [1.29, 1.82) is 0 Å². The Hall–Kier alpha value is -2.68. The van der Waals surface area contributed by atoms with Crippen LogP contribution in [0.15, 0.2) is 40.8 Å². The van der Waals surface area contributed by atoms with Crippen molar-refractivity contribution in [3.63, 3.8) is 0 Å². The second kappa shape index (κ2) is 13.7. The number of rotatable bonds is 15. The van der Waals surface area contributed by atoms with Crippen LogP contribution in [-0.4, -0.2) is 9.97 Å². The van der Waals surface area contributed by atoms with Gasteiger partial charge in [0.05, 0.1) is 22.8 Å². The highest BCUT2D eigenvalue weighted by Crippen LogP contribution is 2.33. The van der Waals surface area contributed by atoms with Crippen LogP contribution in [0, 0.1) is 13.8 Å². The molecule has 0 radical (unpaired) electrons. The highest BCUT2D eigenvalue weighted by atomic mass is 16.3. The van der Waals surface area contributed by atoms with Gasteiger partial charge in [0.1, 0.15) is 11.2 Å². The zero-order chi connectivity index (χ0) is 26.0. The van der Waals surface area contributed by atoms with Crippen LogP contribution in [0.25, 0.3) is 33.2 Å². The molecule has 0 aliphatic carbocycles. The Kier molecular flexibility index (Phi) is 10.2. The molecule has 4 aromatic rings. The average molecular weight is 499 g/mol. The third kappa shape index (κ3) is 7.21. The number of hydrogen-bond acceptors (Lipinski definition) is 3. The predicted molar refractivity (Wildman–Crippen MR) is 158 cm³/mol. The van der Waals surface area contributed by atoms with Crippen molar-refractivity contribution in [1.82, 2.24) is 9.97 Å². The summed E-state index contributed by atoms with van der Waals surface area (Å²) in [5, 5.41) is 2.35. The maximum Gasteiger partial charge on any atom is 0.136 e. The van der Waals surface area contributed by atoms with Gasteiger partial charge in [0.25, 0.3) is 0 Å². The molecule has 0 atom stereocenters. The average Bonchev–Trinajstić information content (AvgIpc) is 3.25. The molecule has 37 heavy (non-hydrogen) atoms. The molecule has 0 saturated carbocycles. The van der Waals surface area contributed by atoms with Gasteiger partial charge in [-0.1, -0.05) is 96.3 Å². The first-order valence-electron chi connectivity index (χ1n) is 14.9. The minimum Gasteiger partial charge on any atom is -0.456 e. The number of aromatic nitrogens is 2. The summed E-state index contributed by atoms with van der Waals surface area (Å²) in [6, 6.07) is 13.1. The Bertz CT molecular complexity index is 1290. The maximum absolute atomic E-state index is 6.29. The molecule has 3 heteroatoms. The van der Waals surface area contributed by atoms with Crippen molar-refractivity contribution in [2.45, 2.75) is 118 Å². The smallest absolute Gasteiger partial charge is 0.136 e. The molecule has 0 amide bonds. The monoisotopic (exact) mass is 498 g/mol. The zero-order valence-electron chi connectivity index (χ0n) is 23.7. The largest absolute Gasteiger partial charge is 0.456 e. The second-order valence-electron chi connectivity index (χ2n) is 10.9. The van der Waals surface area contributed by atoms with E-state index in [4.69, 9.17) is 14.4 Å². The van der Waals surface area contributed by atoms with Gasteiger partial charge < -0.3 is 4.42 Å². The Balaban J connectivity index is 1.59. The molecule has 4 rings (SSSR count). The van der Waals surface area contributed by atoms with Crippen LogP contribution in [0.3, 0.4) is 0 Å². The summed E-state index contributed by atoms with van der Waals surface area (Å²) in [4.78, 5) is 10.4. The first-order valence-corrected chi connectivity index (χ1v) is 14.9. The van der Waals surface area contributed by atoms with Crippen LogP contribution in [0.1, 0.15) is 114 Å². The standard InChI is InChI=1S/C34H46N2O/c1-5-7-9-11-13-15-17-30-26(4)35-31(18-16-14-12-10-8-6-2)34(36-30)27-20-22-29-28-21-19-25(3)23-32(28)37-33(29)24-27/h19-24H,5-18H2,1-4H3. The van der Waals surface area contributed by atoms with E-state index >= 15 is 0 Å². The molecule has 0 N–H and O–H groups in total. The van der Waals surface area contributed by atoms with Crippen LogP contribution >= 0.6 is 0 Å². The molecule has 3 nitrogen and oxygen atoms in total. The summed E-state index contributed by atoms with van der Waals surface area (Å²) >= 11 is 0. The molecule has 2 aromatic carbocycles. The maximum atomic E-state index is 6.29. The molecule has 2 heterocycles. The molecule has 198 valence electrons. The summed E-state index contributed by atoms with van der Waals surface area (Å²) < 4.78 is 6.29. The Labute approximate surface area is 224 Å². The van der Waals surface area contributed by atoms with Gasteiger partial charge in [-0.2, -0.15) is 0 Å². The lowest BCUT2D eigenvalue weighted by Gasteiger charge is -2.13. The fourth-order valence-electron chi connectivity index (χ4n) is 5.42. The normalized spacial score (nSPS) is 11.7. The SMILES string of the molecule is CCCCCCCCc1nc(-c2ccc3c(c2)oc2cc(C)ccc23)c(CCCCCCCC)nc1C. The fraction of sp³-hybridized carbons (Fsp3) is 0.529. The molecule has 0 spiro atoms. The molecule has 0 aliphatic rings. The van der Waals surface area contributed by atoms with Gasteiger partial charge in [-0.3, -0.25) is 4.98 Å². The molecule has 2 aromatic heterocycles. The van der Waals surface area contributed by atoms with Crippen molar-refractivity contribution >= 4 is 21.9 Å². The van der Waals surface area contributed by atoms with Gasteiger partial charge in [0.15, 0.2) is 0 Å². The Morgan fingerprint density at radius 2 is 1.16 bits per heavy atom. The van der Waals surface area contributed by atoms with Crippen LogP contribution in [0.5, 0.6) is 0 Å². The molecule has 0 aliphatic heterocycles. The lowest BCUT2D eigenvalue weighted by atomic mass is 10.0. The lowest BCUT2D eigenvalue weighted by Crippen LogP contribution is -2.06. The number of fused-ring (bicyclic) bond motifs is 3. The van der Waals surface area contributed by atoms with Crippen molar-refractivity contribution in [3.05, 3.63) is 59.0 Å². The summed E-state index contributed by atoms with van der Waals surface area (Å²) in [6.45, 7) is 8.81. The van der Waals surface area contributed by atoms with E-state index in [9.17, 15) is 0 Å². The minimum atomic E-state index is 0.934. The van der Waals surface area contributed by atoms with Crippen LogP contribution < -0.4 is 0 Å². The first kappa shape index (κ1) is 27.4. The van der Waals surface area contributed by atoms with E-state index in [2.05, 4.69) is 64.1 Å². The third-order valence-corrected chi connectivity index (χ3v) is 7.68. The third-order valence-electron chi connectivity index (χ3n) is 7.68. The number of nitrogens with zero attached hydrogens (tertiary/aromatic N) is 2. The molecule has 0 fully saturated rings. The van der Waals surface area contributed by atoms with Crippen molar-refractivity contribution in [2.24, 2.45) is 0 Å². The van der Waals surface area contributed by atoms with E-state index in [1.165, 1.54) is 93.4 Å². The van der Waals surface area contributed by atoms with Gasteiger partial charge in [0.2, 0.25) is 0 Å². The number of unbranched alkanes of at least 4 members (excludes halogenated alkanes) is 10. The Morgan fingerprint density at radius 1 is 0.595 bits per heavy atom. The number of furan rings is 1. The Morgan fingerprint density at radius 3 is 1.84 bits per heavy atom. The van der Waals surface area contributed by atoms with Crippen LogP contribution in [0.4, 0.5) is 0 Å². The van der Waals surface area contributed by atoms with Gasteiger partial charge in [-0.15, -0.1) is 0 Å². The molecule has 0 unspecified atom stereocenters. The molecule has 0 bridgehead atoms. The summed E-state index contributed by atoms with van der Waals surface area (Å²) in [5.74, 6) is 0. The summed E-state index contributed by atoms with van der Waals surface area (Å²) in [6.07, 6.45) is 17.5. The van der Waals surface area contributed by atoms with Crippen molar-refractivity contribution in [3.8, 4) is 11.3 Å². The van der Waals surface area contributed by atoms with E-state index in [-0.39, 0.29) is 0 Å². The van der Waals surface area contributed by atoms with E-state index in [0.717, 1.165) is 52.3 Å². The minimum absolute atomic E-state index is 0.934. The van der Waals surface area contributed by atoms with Gasteiger partial charge >= 0.3 is 0 Å². The van der Waals surface area contributed by atoms with Crippen LogP contribution in [-0.2, 0) is 12.8 Å². The quantitative estimate of drug-likeness (QED) is 0.153. The van der Waals surface area contributed by atoms with E-state index in [1.54, 1.807) is 0 Å². The summed E-state index contributed by atoms with van der Waals surface area (Å²) in [5.41, 5.74) is 8.71. The van der Waals surface area contributed by atoms with E-state index in [1.807, 2.05) is 0 Å². The lowest BCUT2D eigenvalue weighted by molar-refractivity contribution is 0.599. The van der Waals surface area contributed by atoms with Gasteiger partial charge in [-0.05, 0) is 63.3 Å². The van der Waals surface area contributed by atoms with Crippen LogP contribution in [0.2, 0.25) is 0 Å². The van der Waals surface area contributed by atoms with Crippen molar-refractivity contribution in [2.75, 3.05) is 0 Å². The molecular formula is C34H46N2O. The second-order valence-corrected chi connectivity index (χ2v) is 10.9. The number of benzene rings is 2. The number of aryl methyl sites for hydroxylation is 4. The highest BCUT2D eigenvalue weighted by Gasteiger charge is 2.16. The van der Waals surface area contributed by atoms with Crippen molar-refractivity contribution < 1.29 is 4.42 Å².